The van der Waals surface area contributed by atoms with Crippen LogP contribution in [0.1, 0.15) is 20.8 Å². The summed E-state index contributed by atoms with van der Waals surface area (Å²) in [6.45, 7) is 6.36. The molecule has 0 aliphatic rings. The van der Waals surface area contributed by atoms with E-state index in [4.69, 9.17) is 0 Å². The van der Waals surface area contributed by atoms with Crippen LogP contribution in [-0.4, -0.2) is 14.3 Å². The van der Waals surface area contributed by atoms with E-state index in [0.717, 1.165) is 15.1 Å². The number of thioether (sulfide) groups is 1. The number of hydrogen-bond donors (Lipinski definition) is 0. The van der Waals surface area contributed by atoms with Gasteiger partial charge in [0.2, 0.25) is 0 Å². The smallest absolute Gasteiger partial charge is 0.311 e. The standard InChI is InChI=1S/C11H15N3OS/c1-11(2,3)16-8-5-9-10(14(15)6-8)13(4)7-12-9/h5-7H,1-4H3. The summed E-state index contributed by atoms with van der Waals surface area (Å²) in [4.78, 5) is 5.15. The van der Waals surface area contributed by atoms with Crippen molar-refractivity contribution in [1.29, 1.82) is 0 Å². The third kappa shape index (κ3) is 2.14. The van der Waals surface area contributed by atoms with Crippen LogP contribution in [0.15, 0.2) is 23.5 Å². The monoisotopic (exact) mass is 237 g/mol. The molecule has 2 aromatic heterocycles. The molecular weight excluding hydrogens is 222 g/mol. The van der Waals surface area contributed by atoms with Gasteiger partial charge in [0.1, 0.15) is 6.20 Å². The predicted molar refractivity (Wildman–Crippen MR) is 65.3 cm³/mol. The van der Waals surface area contributed by atoms with E-state index < -0.39 is 0 Å². The molecule has 0 spiro atoms. The Kier molecular flexibility index (Phi) is 2.58. The van der Waals surface area contributed by atoms with E-state index in [9.17, 15) is 5.21 Å². The number of nitrogens with zero attached hydrogens (tertiary/aromatic N) is 3. The molecule has 0 aliphatic carbocycles. The van der Waals surface area contributed by atoms with E-state index in [2.05, 4.69) is 25.8 Å². The minimum absolute atomic E-state index is 0.0927. The lowest BCUT2D eigenvalue weighted by molar-refractivity contribution is -0.582. The van der Waals surface area contributed by atoms with Crippen LogP contribution in [0.2, 0.25) is 0 Å². The molecule has 0 saturated carbocycles. The Morgan fingerprint density at radius 1 is 1.44 bits per heavy atom. The molecule has 86 valence electrons. The molecule has 0 atom stereocenters. The van der Waals surface area contributed by atoms with Gasteiger partial charge in [-0.2, -0.15) is 0 Å². The van der Waals surface area contributed by atoms with Crippen LogP contribution in [0.3, 0.4) is 0 Å². The highest BCUT2D eigenvalue weighted by molar-refractivity contribution is 8.00. The molecule has 0 bridgehead atoms. The van der Waals surface area contributed by atoms with E-state index in [1.807, 2.05) is 13.1 Å². The van der Waals surface area contributed by atoms with E-state index in [1.165, 1.54) is 0 Å². The molecule has 16 heavy (non-hydrogen) atoms. The maximum Gasteiger partial charge on any atom is 0.311 e. The SMILES string of the molecule is Cn1cnc2cc(SC(C)(C)C)c[n+]([O-])c21. The summed E-state index contributed by atoms with van der Waals surface area (Å²) in [5, 5.41) is 11.8. The van der Waals surface area contributed by atoms with Crippen LogP contribution in [-0.2, 0) is 7.05 Å². The van der Waals surface area contributed by atoms with Crippen LogP contribution in [0, 0.1) is 5.21 Å². The minimum Gasteiger partial charge on any atom is -0.711 e. The van der Waals surface area contributed by atoms with E-state index in [0.29, 0.717) is 5.65 Å². The molecule has 4 nitrogen and oxygen atoms in total. The molecule has 0 fully saturated rings. The van der Waals surface area contributed by atoms with Gasteiger partial charge in [-0.05, 0) is 6.07 Å². The average Bonchev–Trinajstić information content (AvgIpc) is 2.44. The zero-order valence-electron chi connectivity index (χ0n) is 9.89. The van der Waals surface area contributed by atoms with Gasteiger partial charge >= 0.3 is 5.65 Å². The second kappa shape index (κ2) is 3.66. The fourth-order valence-corrected chi connectivity index (χ4v) is 2.60. The molecule has 5 heteroatoms. The number of aryl methyl sites for hydroxylation is 1. The first-order valence-corrected chi connectivity index (χ1v) is 5.92. The van der Waals surface area contributed by atoms with E-state index in [-0.39, 0.29) is 4.75 Å². The summed E-state index contributed by atoms with van der Waals surface area (Å²) in [5.41, 5.74) is 1.34. The zero-order chi connectivity index (χ0) is 11.9. The van der Waals surface area contributed by atoms with Gasteiger partial charge in [-0.1, -0.05) is 20.8 Å². The largest absolute Gasteiger partial charge is 0.711 e. The van der Waals surface area contributed by atoms with Gasteiger partial charge < -0.3 is 5.21 Å². The normalized spacial score (nSPS) is 12.2. The fraction of sp³-hybridized carbons (Fsp3) is 0.455. The van der Waals surface area contributed by atoms with Crippen LogP contribution < -0.4 is 4.73 Å². The number of imidazole rings is 1. The Balaban J connectivity index is 2.51. The lowest BCUT2D eigenvalue weighted by atomic mass is 10.3. The van der Waals surface area contributed by atoms with Crippen molar-refractivity contribution in [2.75, 3.05) is 0 Å². The maximum atomic E-state index is 11.8. The van der Waals surface area contributed by atoms with Gasteiger partial charge in [-0.25, -0.2) is 14.3 Å². The van der Waals surface area contributed by atoms with Crippen LogP contribution in [0.25, 0.3) is 11.2 Å². The number of aromatic nitrogens is 3. The fourth-order valence-electron chi connectivity index (χ4n) is 1.57. The van der Waals surface area contributed by atoms with Crippen LogP contribution in [0.4, 0.5) is 0 Å². The Hall–Kier alpha value is -1.23. The van der Waals surface area contributed by atoms with E-state index in [1.54, 1.807) is 28.9 Å². The second-order valence-electron chi connectivity index (χ2n) is 4.78. The van der Waals surface area contributed by atoms with Gasteiger partial charge in [-0.3, -0.25) is 0 Å². The first-order valence-electron chi connectivity index (χ1n) is 5.10. The second-order valence-corrected chi connectivity index (χ2v) is 6.68. The molecule has 0 aromatic carbocycles. The summed E-state index contributed by atoms with van der Waals surface area (Å²) in [6.07, 6.45) is 3.27. The molecule has 0 unspecified atom stereocenters. The summed E-state index contributed by atoms with van der Waals surface area (Å²) >= 11 is 1.67. The van der Waals surface area contributed by atoms with Crippen LogP contribution >= 0.6 is 11.8 Å². The van der Waals surface area contributed by atoms with Crippen LogP contribution in [0.5, 0.6) is 0 Å². The molecule has 0 N–H and O–H groups in total. The Labute approximate surface area is 98.9 Å². The number of rotatable bonds is 1. The van der Waals surface area contributed by atoms with Gasteiger partial charge in [-0.15, -0.1) is 11.8 Å². The lowest BCUT2D eigenvalue weighted by Crippen LogP contribution is -2.28. The average molecular weight is 237 g/mol. The van der Waals surface area contributed by atoms with Gasteiger partial charge in [0.05, 0.1) is 7.05 Å². The third-order valence-electron chi connectivity index (χ3n) is 2.09. The molecule has 0 saturated heterocycles. The van der Waals surface area contributed by atoms with Crippen molar-refractivity contribution >= 4 is 22.9 Å². The Morgan fingerprint density at radius 2 is 2.12 bits per heavy atom. The highest BCUT2D eigenvalue weighted by Gasteiger charge is 2.16. The van der Waals surface area contributed by atoms with Gasteiger partial charge in [0.25, 0.3) is 0 Å². The third-order valence-corrected chi connectivity index (χ3v) is 3.16. The Bertz CT molecular complexity index is 528. The predicted octanol–water partition coefficient (Wildman–Crippen LogP) is 2.10. The topological polar surface area (TPSA) is 44.8 Å². The molecule has 0 amide bonds. The van der Waals surface area contributed by atoms with Gasteiger partial charge in [0.15, 0.2) is 11.8 Å². The molecule has 0 radical (unpaired) electrons. The maximum absolute atomic E-state index is 11.8. The van der Waals surface area contributed by atoms with E-state index >= 15 is 0 Å². The van der Waals surface area contributed by atoms with Crippen molar-refractivity contribution in [1.82, 2.24) is 9.55 Å². The van der Waals surface area contributed by atoms with Crippen molar-refractivity contribution in [3.63, 3.8) is 0 Å². The number of fused-ring (bicyclic) bond motifs is 1. The molecular formula is C11H15N3OS. The Morgan fingerprint density at radius 3 is 2.75 bits per heavy atom. The quantitative estimate of drug-likeness (QED) is 0.433. The molecule has 2 aromatic rings. The van der Waals surface area contributed by atoms with Crippen molar-refractivity contribution in [3.8, 4) is 0 Å². The molecule has 2 heterocycles. The summed E-state index contributed by atoms with van der Waals surface area (Å²) in [6, 6.07) is 1.96. The van der Waals surface area contributed by atoms with Crippen molar-refractivity contribution in [3.05, 3.63) is 23.8 Å². The minimum atomic E-state index is 0.0927. The summed E-state index contributed by atoms with van der Waals surface area (Å²) < 4.78 is 2.71. The van der Waals surface area contributed by atoms with Crippen molar-refractivity contribution < 1.29 is 4.73 Å². The lowest BCUT2D eigenvalue weighted by Gasteiger charge is -2.17. The molecule has 2 rings (SSSR count). The first-order chi connectivity index (χ1) is 7.37. The van der Waals surface area contributed by atoms with Crippen molar-refractivity contribution in [2.24, 2.45) is 7.05 Å². The van der Waals surface area contributed by atoms with Gasteiger partial charge in [0, 0.05) is 9.64 Å². The first kappa shape index (κ1) is 11.3. The highest BCUT2D eigenvalue weighted by atomic mass is 32.2. The number of hydrogen-bond acceptors (Lipinski definition) is 3. The zero-order valence-corrected chi connectivity index (χ0v) is 10.7. The summed E-state index contributed by atoms with van der Waals surface area (Å²) in [7, 11) is 1.82. The number of pyridine rings is 1. The van der Waals surface area contributed by atoms with Crippen molar-refractivity contribution in [2.45, 2.75) is 30.4 Å². The summed E-state index contributed by atoms with van der Waals surface area (Å²) in [5.74, 6) is 0. The molecule has 0 aliphatic heterocycles. The highest BCUT2D eigenvalue weighted by Crippen LogP contribution is 2.31.